The van der Waals surface area contributed by atoms with Crippen LogP contribution in [0.3, 0.4) is 0 Å². The lowest BCUT2D eigenvalue weighted by atomic mass is 10.3. The SMILES string of the molecule is CC(C)NCCNCc1cncnc1. The molecule has 78 valence electrons. The summed E-state index contributed by atoms with van der Waals surface area (Å²) in [6.45, 7) is 7.08. The molecule has 0 saturated carbocycles. The molecule has 0 aliphatic heterocycles. The van der Waals surface area contributed by atoms with Gasteiger partial charge in [-0.05, 0) is 0 Å². The van der Waals surface area contributed by atoms with E-state index < -0.39 is 0 Å². The molecule has 0 unspecified atom stereocenters. The maximum Gasteiger partial charge on any atom is 0.115 e. The van der Waals surface area contributed by atoms with Crippen LogP contribution >= 0.6 is 0 Å². The fourth-order valence-corrected chi connectivity index (χ4v) is 1.10. The van der Waals surface area contributed by atoms with Crippen LogP contribution < -0.4 is 10.6 Å². The minimum atomic E-state index is 0.553. The van der Waals surface area contributed by atoms with Crippen LogP contribution in [0.15, 0.2) is 18.7 Å². The van der Waals surface area contributed by atoms with Gasteiger partial charge >= 0.3 is 0 Å². The summed E-state index contributed by atoms with van der Waals surface area (Å²) in [6.07, 6.45) is 5.20. The maximum absolute atomic E-state index is 3.95. The third-order valence-corrected chi connectivity index (χ3v) is 1.80. The molecule has 0 aliphatic rings. The predicted molar refractivity (Wildman–Crippen MR) is 56.9 cm³/mol. The van der Waals surface area contributed by atoms with E-state index in [0.717, 1.165) is 25.2 Å². The predicted octanol–water partition coefficient (Wildman–Crippen LogP) is 0.564. The number of hydrogen-bond donors (Lipinski definition) is 2. The van der Waals surface area contributed by atoms with Gasteiger partial charge in [0, 0.05) is 43.6 Å². The molecule has 14 heavy (non-hydrogen) atoms. The van der Waals surface area contributed by atoms with Crippen molar-refractivity contribution in [3.8, 4) is 0 Å². The van der Waals surface area contributed by atoms with Gasteiger partial charge in [-0.3, -0.25) is 0 Å². The summed E-state index contributed by atoms with van der Waals surface area (Å²) in [4.78, 5) is 7.89. The molecule has 0 amide bonds. The second-order valence-electron chi connectivity index (χ2n) is 3.53. The third-order valence-electron chi connectivity index (χ3n) is 1.80. The largest absolute Gasteiger partial charge is 0.313 e. The molecule has 0 fully saturated rings. The number of rotatable bonds is 6. The lowest BCUT2D eigenvalue weighted by Gasteiger charge is -2.08. The second kappa shape index (κ2) is 6.45. The molecular weight excluding hydrogens is 176 g/mol. The van der Waals surface area contributed by atoms with Crippen LogP contribution in [0.2, 0.25) is 0 Å². The van der Waals surface area contributed by atoms with Gasteiger partial charge in [0.1, 0.15) is 6.33 Å². The van der Waals surface area contributed by atoms with Crippen molar-refractivity contribution in [1.82, 2.24) is 20.6 Å². The zero-order valence-electron chi connectivity index (χ0n) is 8.83. The van der Waals surface area contributed by atoms with Gasteiger partial charge in [0.25, 0.3) is 0 Å². The molecule has 0 saturated heterocycles. The summed E-state index contributed by atoms with van der Waals surface area (Å²) < 4.78 is 0. The highest BCUT2D eigenvalue weighted by molar-refractivity contribution is 5.01. The van der Waals surface area contributed by atoms with Crippen molar-refractivity contribution < 1.29 is 0 Å². The van der Waals surface area contributed by atoms with Gasteiger partial charge in [-0.15, -0.1) is 0 Å². The van der Waals surface area contributed by atoms with E-state index >= 15 is 0 Å². The summed E-state index contributed by atoms with van der Waals surface area (Å²) in [6, 6.07) is 0.553. The molecule has 4 nitrogen and oxygen atoms in total. The highest BCUT2D eigenvalue weighted by Gasteiger charge is 1.93. The fourth-order valence-electron chi connectivity index (χ4n) is 1.10. The highest BCUT2D eigenvalue weighted by atomic mass is 15.0. The summed E-state index contributed by atoms with van der Waals surface area (Å²) >= 11 is 0. The first-order valence-corrected chi connectivity index (χ1v) is 4.97. The second-order valence-corrected chi connectivity index (χ2v) is 3.53. The minimum Gasteiger partial charge on any atom is -0.313 e. The normalized spacial score (nSPS) is 10.8. The number of nitrogens with one attached hydrogen (secondary N) is 2. The molecule has 2 N–H and O–H groups in total. The molecule has 0 atom stereocenters. The first-order valence-electron chi connectivity index (χ1n) is 4.97. The fraction of sp³-hybridized carbons (Fsp3) is 0.600. The van der Waals surface area contributed by atoms with Crippen molar-refractivity contribution in [3.63, 3.8) is 0 Å². The lowest BCUT2D eigenvalue weighted by molar-refractivity contribution is 0.555. The Morgan fingerprint density at radius 3 is 2.57 bits per heavy atom. The van der Waals surface area contributed by atoms with Crippen molar-refractivity contribution in [2.45, 2.75) is 26.4 Å². The first kappa shape index (κ1) is 11.1. The van der Waals surface area contributed by atoms with Crippen LogP contribution in [0.4, 0.5) is 0 Å². The van der Waals surface area contributed by atoms with Crippen LogP contribution in [0, 0.1) is 0 Å². The molecule has 0 aromatic carbocycles. The van der Waals surface area contributed by atoms with Gasteiger partial charge in [0.2, 0.25) is 0 Å². The average Bonchev–Trinajstić information content (AvgIpc) is 2.18. The first-order chi connectivity index (χ1) is 6.79. The van der Waals surface area contributed by atoms with Crippen LogP contribution in [0.25, 0.3) is 0 Å². The Kier molecular flexibility index (Phi) is 5.11. The highest BCUT2D eigenvalue weighted by Crippen LogP contribution is 1.90. The van der Waals surface area contributed by atoms with Crippen molar-refractivity contribution >= 4 is 0 Å². The Morgan fingerprint density at radius 2 is 1.93 bits per heavy atom. The van der Waals surface area contributed by atoms with Crippen molar-refractivity contribution in [2.75, 3.05) is 13.1 Å². The van der Waals surface area contributed by atoms with Crippen molar-refractivity contribution in [2.24, 2.45) is 0 Å². The van der Waals surface area contributed by atoms with Crippen molar-refractivity contribution in [1.29, 1.82) is 0 Å². The van der Waals surface area contributed by atoms with Crippen LogP contribution in [0.1, 0.15) is 19.4 Å². The molecular formula is C10H18N4. The molecule has 1 aromatic rings. The van der Waals surface area contributed by atoms with Crippen LogP contribution in [0.5, 0.6) is 0 Å². The van der Waals surface area contributed by atoms with Gasteiger partial charge in [-0.2, -0.15) is 0 Å². The molecule has 1 aromatic heterocycles. The molecule has 0 bridgehead atoms. The topological polar surface area (TPSA) is 49.8 Å². The Hall–Kier alpha value is -1.00. The van der Waals surface area contributed by atoms with E-state index in [1.807, 2.05) is 12.4 Å². The Labute approximate surface area is 85.2 Å². The molecule has 1 rings (SSSR count). The van der Waals surface area contributed by atoms with Gasteiger partial charge in [-0.25, -0.2) is 9.97 Å². The zero-order valence-corrected chi connectivity index (χ0v) is 8.83. The number of nitrogens with zero attached hydrogens (tertiary/aromatic N) is 2. The van der Waals surface area contributed by atoms with Crippen LogP contribution in [-0.4, -0.2) is 29.1 Å². The maximum atomic E-state index is 3.95. The van der Waals surface area contributed by atoms with E-state index in [9.17, 15) is 0 Å². The van der Waals surface area contributed by atoms with Gasteiger partial charge in [0.15, 0.2) is 0 Å². The summed E-state index contributed by atoms with van der Waals surface area (Å²) in [5, 5.41) is 6.65. The van der Waals surface area contributed by atoms with Gasteiger partial charge < -0.3 is 10.6 Å². The van der Waals surface area contributed by atoms with E-state index in [1.165, 1.54) is 0 Å². The monoisotopic (exact) mass is 194 g/mol. The Bertz CT molecular complexity index is 235. The van der Waals surface area contributed by atoms with Gasteiger partial charge in [-0.1, -0.05) is 13.8 Å². The standard InChI is InChI=1S/C10H18N4/c1-9(2)14-4-3-11-5-10-6-12-8-13-7-10/h6-9,11,14H,3-5H2,1-2H3. The van der Waals surface area contributed by atoms with E-state index in [1.54, 1.807) is 6.33 Å². The quantitative estimate of drug-likeness (QED) is 0.650. The lowest BCUT2D eigenvalue weighted by Crippen LogP contribution is -2.31. The summed E-state index contributed by atoms with van der Waals surface area (Å²) in [5.41, 5.74) is 1.12. The molecule has 1 heterocycles. The smallest absolute Gasteiger partial charge is 0.115 e. The minimum absolute atomic E-state index is 0.553. The number of hydrogen-bond acceptors (Lipinski definition) is 4. The molecule has 0 spiro atoms. The van der Waals surface area contributed by atoms with E-state index in [-0.39, 0.29) is 0 Å². The van der Waals surface area contributed by atoms with E-state index in [0.29, 0.717) is 6.04 Å². The van der Waals surface area contributed by atoms with Crippen molar-refractivity contribution in [3.05, 3.63) is 24.3 Å². The summed E-state index contributed by atoms with van der Waals surface area (Å²) in [7, 11) is 0. The van der Waals surface area contributed by atoms with E-state index in [4.69, 9.17) is 0 Å². The van der Waals surface area contributed by atoms with Crippen LogP contribution in [-0.2, 0) is 6.54 Å². The molecule has 4 heteroatoms. The average molecular weight is 194 g/mol. The number of aromatic nitrogens is 2. The zero-order chi connectivity index (χ0) is 10.2. The Morgan fingerprint density at radius 1 is 1.21 bits per heavy atom. The Balaban J connectivity index is 2.05. The summed E-state index contributed by atoms with van der Waals surface area (Å²) in [5.74, 6) is 0. The molecule has 0 aliphatic carbocycles. The van der Waals surface area contributed by atoms with Gasteiger partial charge in [0.05, 0.1) is 0 Å². The van der Waals surface area contributed by atoms with E-state index in [2.05, 4.69) is 34.4 Å². The molecule has 0 radical (unpaired) electrons. The third kappa shape index (κ3) is 4.89.